The van der Waals surface area contributed by atoms with E-state index in [1.165, 1.54) is 12.1 Å². The van der Waals surface area contributed by atoms with Gasteiger partial charge in [0.05, 0.1) is 6.61 Å². The van der Waals surface area contributed by atoms with E-state index in [1.807, 2.05) is 4.90 Å². The third-order valence-corrected chi connectivity index (χ3v) is 3.73. The van der Waals surface area contributed by atoms with Crippen molar-refractivity contribution >= 4 is 17.7 Å². The molecule has 0 spiro atoms. The van der Waals surface area contributed by atoms with Crippen molar-refractivity contribution < 1.29 is 27.8 Å². The number of ether oxygens (including phenoxy) is 1. The Hall–Kier alpha value is -1.25. The number of thioether (sulfide) groups is 1. The molecular formula is C13H14F3NO3S. The van der Waals surface area contributed by atoms with Gasteiger partial charge in [0.25, 0.3) is 0 Å². The first kappa shape index (κ1) is 16.1. The lowest BCUT2D eigenvalue weighted by Gasteiger charge is -2.30. The van der Waals surface area contributed by atoms with Gasteiger partial charge in [-0.2, -0.15) is 13.2 Å². The number of hydrogen-bond acceptors (Lipinski definition) is 4. The summed E-state index contributed by atoms with van der Waals surface area (Å²) in [6.07, 6.45) is -0.848. The van der Waals surface area contributed by atoms with E-state index in [2.05, 4.69) is 0 Å². The average molecular weight is 321 g/mol. The predicted molar refractivity (Wildman–Crippen MR) is 71.0 cm³/mol. The topological polar surface area (TPSA) is 49.8 Å². The Balaban J connectivity index is 1.92. The maximum Gasteiger partial charge on any atom is 0.446 e. The summed E-state index contributed by atoms with van der Waals surface area (Å²) in [7, 11) is 0. The monoisotopic (exact) mass is 321 g/mol. The first-order valence-corrected chi connectivity index (χ1v) is 7.06. The van der Waals surface area contributed by atoms with Crippen molar-refractivity contribution in [3.05, 3.63) is 29.8 Å². The van der Waals surface area contributed by atoms with E-state index in [-0.39, 0.29) is 23.2 Å². The fourth-order valence-corrected chi connectivity index (χ4v) is 2.59. The third kappa shape index (κ3) is 5.22. The maximum absolute atomic E-state index is 12.2. The van der Waals surface area contributed by atoms with Gasteiger partial charge < -0.3 is 9.84 Å². The van der Waals surface area contributed by atoms with Crippen LogP contribution in [0.25, 0.3) is 0 Å². The minimum absolute atomic E-state index is 0.136. The second-order valence-electron chi connectivity index (χ2n) is 4.62. The van der Waals surface area contributed by atoms with Crippen LogP contribution in [-0.4, -0.2) is 47.3 Å². The van der Waals surface area contributed by atoms with E-state index in [9.17, 15) is 18.0 Å². The SMILES string of the molecule is O=C(O)C1CN(Cc2ccc(SC(F)(F)F)cc2)CCO1. The molecule has 1 heterocycles. The fraction of sp³-hybridized carbons (Fsp3) is 0.462. The molecule has 0 saturated carbocycles. The molecule has 2 rings (SSSR count). The molecule has 1 aliphatic heterocycles. The lowest BCUT2D eigenvalue weighted by Crippen LogP contribution is -2.45. The molecule has 21 heavy (non-hydrogen) atoms. The average Bonchev–Trinajstić information content (AvgIpc) is 2.40. The van der Waals surface area contributed by atoms with Crippen molar-refractivity contribution in [2.45, 2.75) is 23.1 Å². The van der Waals surface area contributed by atoms with Crippen molar-refractivity contribution in [2.24, 2.45) is 0 Å². The summed E-state index contributed by atoms with van der Waals surface area (Å²) >= 11 is -0.151. The van der Waals surface area contributed by atoms with Crippen LogP contribution < -0.4 is 0 Å². The van der Waals surface area contributed by atoms with Crippen LogP contribution in [0.5, 0.6) is 0 Å². The van der Waals surface area contributed by atoms with Crippen molar-refractivity contribution in [1.82, 2.24) is 4.90 Å². The number of carboxylic acid groups (broad SMARTS) is 1. The molecule has 116 valence electrons. The van der Waals surface area contributed by atoms with Gasteiger partial charge >= 0.3 is 11.5 Å². The molecule has 1 atom stereocenters. The number of benzene rings is 1. The van der Waals surface area contributed by atoms with Crippen LogP contribution in [-0.2, 0) is 16.1 Å². The number of alkyl halides is 3. The molecular weight excluding hydrogens is 307 g/mol. The summed E-state index contributed by atoms with van der Waals surface area (Å²) in [5.74, 6) is -1.00. The highest BCUT2D eigenvalue weighted by atomic mass is 32.2. The molecule has 1 unspecified atom stereocenters. The highest BCUT2D eigenvalue weighted by molar-refractivity contribution is 8.00. The minimum atomic E-state index is -4.29. The van der Waals surface area contributed by atoms with Gasteiger partial charge in [-0.15, -0.1) is 0 Å². The summed E-state index contributed by atoms with van der Waals surface area (Å²) < 4.78 is 41.8. The molecule has 1 aliphatic rings. The second-order valence-corrected chi connectivity index (χ2v) is 5.76. The van der Waals surface area contributed by atoms with Crippen LogP contribution in [0.3, 0.4) is 0 Å². The Labute approximate surface area is 123 Å². The van der Waals surface area contributed by atoms with Crippen molar-refractivity contribution in [1.29, 1.82) is 0 Å². The highest BCUT2D eigenvalue weighted by Crippen LogP contribution is 2.36. The molecule has 0 radical (unpaired) electrons. The standard InChI is InChI=1S/C13H14F3NO3S/c14-13(15,16)21-10-3-1-9(2-4-10)7-17-5-6-20-11(8-17)12(18)19/h1-4,11H,5-8H2,(H,18,19). The van der Waals surface area contributed by atoms with Gasteiger partial charge in [-0.25, -0.2) is 4.79 Å². The molecule has 8 heteroatoms. The summed E-state index contributed by atoms with van der Waals surface area (Å²) in [6.45, 7) is 1.69. The Morgan fingerprint density at radius 2 is 2.05 bits per heavy atom. The quantitative estimate of drug-likeness (QED) is 0.864. The van der Waals surface area contributed by atoms with E-state index in [1.54, 1.807) is 12.1 Å². The number of nitrogens with zero attached hydrogens (tertiary/aromatic N) is 1. The van der Waals surface area contributed by atoms with Crippen LogP contribution in [0.15, 0.2) is 29.2 Å². The van der Waals surface area contributed by atoms with Crippen molar-refractivity contribution in [2.75, 3.05) is 19.7 Å². The number of morpholine rings is 1. The van der Waals surface area contributed by atoms with Gasteiger partial charge in [0, 0.05) is 24.5 Å². The molecule has 1 fully saturated rings. The molecule has 1 N–H and O–H groups in total. The first-order chi connectivity index (χ1) is 9.83. The normalized spacial score (nSPS) is 20.4. The summed E-state index contributed by atoms with van der Waals surface area (Å²) in [5.41, 5.74) is -3.45. The Morgan fingerprint density at radius 3 is 2.62 bits per heavy atom. The van der Waals surface area contributed by atoms with Crippen molar-refractivity contribution in [3.8, 4) is 0 Å². The smallest absolute Gasteiger partial charge is 0.446 e. The highest BCUT2D eigenvalue weighted by Gasteiger charge is 2.29. The van der Waals surface area contributed by atoms with Gasteiger partial charge in [-0.3, -0.25) is 4.90 Å². The zero-order valence-corrected chi connectivity index (χ0v) is 11.8. The fourth-order valence-electron chi connectivity index (χ4n) is 2.05. The molecule has 0 amide bonds. The Kier molecular flexibility index (Phi) is 5.13. The van der Waals surface area contributed by atoms with E-state index in [0.29, 0.717) is 19.7 Å². The van der Waals surface area contributed by atoms with E-state index in [4.69, 9.17) is 9.84 Å². The molecule has 1 saturated heterocycles. The lowest BCUT2D eigenvalue weighted by atomic mass is 10.2. The Morgan fingerprint density at radius 1 is 1.38 bits per heavy atom. The summed E-state index contributed by atoms with van der Waals surface area (Å²) in [6, 6.07) is 6.09. The first-order valence-electron chi connectivity index (χ1n) is 6.25. The maximum atomic E-state index is 12.2. The lowest BCUT2D eigenvalue weighted by molar-refractivity contribution is -0.156. The van der Waals surface area contributed by atoms with Gasteiger partial charge in [-0.05, 0) is 29.5 Å². The number of carbonyl (C=O) groups is 1. The molecule has 0 aromatic heterocycles. The van der Waals surface area contributed by atoms with Crippen LogP contribution in [0.2, 0.25) is 0 Å². The molecule has 1 aromatic carbocycles. The number of hydrogen-bond donors (Lipinski definition) is 1. The van der Waals surface area contributed by atoms with E-state index < -0.39 is 17.6 Å². The van der Waals surface area contributed by atoms with E-state index >= 15 is 0 Å². The van der Waals surface area contributed by atoms with E-state index in [0.717, 1.165) is 5.56 Å². The van der Waals surface area contributed by atoms with Crippen LogP contribution in [0, 0.1) is 0 Å². The van der Waals surface area contributed by atoms with Crippen LogP contribution in [0.4, 0.5) is 13.2 Å². The predicted octanol–water partition coefficient (Wildman–Crippen LogP) is 2.58. The van der Waals surface area contributed by atoms with Crippen LogP contribution in [0.1, 0.15) is 5.56 Å². The second kappa shape index (κ2) is 6.67. The van der Waals surface area contributed by atoms with Gasteiger partial charge in [0.2, 0.25) is 0 Å². The number of aliphatic carboxylic acids is 1. The molecule has 4 nitrogen and oxygen atoms in total. The summed E-state index contributed by atoms with van der Waals surface area (Å²) in [5, 5.41) is 8.91. The summed E-state index contributed by atoms with van der Waals surface area (Å²) in [4.78, 5) is 12.9. The zero-order chi connectivity index (χ0) is 15.5. The number of halogens is 3. The third-order valence-electron chi connectivity index (χ3n) is 2.99. The Bertz CT molecular complexity index is 492. The van der Waals surface area contributed by atoms with Gasteiger partial charge in [0.1, 0.15) is 0 Å². The largest absolute Gasteiger partial charge is 0.479 e. The molecule has 0 bridgehead atoms. The van der Waals surface area contributed by atoms with Gasteiger partial charge in [0.15, 0.2) is 6.10 Å². The van der Waals surface area contributed by atoms with Crippen molar-refractivity contribution in [3.63, 3.8) is 0 Å². The zero-order valence-electron chi connectivity index (χ0n) is 11.0. The minimum Gasteiger partial charge on any atom is -0.479 e. The molecule has 1 aromatic rings. The van der Waals surface area contributed by atoms with Gasteiger partial charge in [-0.1, -0.05) is 12.1 Å². The van der Waals surface area contributed by atoms with Crippen LogP contribution >= 0.6 is 11.8 Å². The number of rotatable bonds is 4. The number of carboxylic acids is 1. The molecule has 0 aliphatic carbocycles.